The molecule has 0 spiro atoms. The Morgan fingerprint density at radius 2 is 1.94 bits per heavy atom. The smallest absolute Gasteiger partial charge is 0.321 e. The van der Waals surface area contributed by atoms with Gasteiger partial charge in [-0.2, -0.15) is 0 Å². The highest BCUT2D eigenvalue weighted by molar-refractivity contribution is 5.88. The fourth-order valence-electron chi connectivity index (χ4n) is 2.07. The van der Waals surface area contributed by atoms with Gasteiger partial charge in [0.25, 0.3) is 0 Å². The third-order valence-electron chi connectivity index (χ3n) is 2.99. The van der Waals surface area contributed by atoms with Crippen LogP contribution >= 0.6 is 0 Å². The molecule has 1 atom stereocenters. The van der Waals surface area contributed by atoms with Crippen molar-refractivity contribution in [1.29, 1.82) is 0 Å². The van der Waals surface area contributed by atoms with E-state index in [-0.39, 0.29) is 11.9 Å². The average Bonchev–Trinajstić information content (AvgIpc) is 2.34. The minimum atomic E-state index is -0.114. The van der Waals surface area contributed by atoms with Crippen LogP contribution in [0, 0.1) is 11.8 Å². The van der Waals surface area contributed by atoms with Crippen molar-refractivity contribution in [3.63, 3.8) is 0 Å². The summed E-state index contributed by atoms with van der Waals surface area (Å²) in [6, 6.07) is 10.2. The van der Waals surface area contributed by atoms with Gasteiger partial charge >= 0.3 is 5.97 Å². The fourth-order valence-corrected chi connectivity index (χ4v) is 2.07. The van der Waals surface area contributed by atoms with Crippen molar-refractivity contribution in [3.8, 4) is 0 Å². The van der Waals surface area contributed by atoms with E-state index in [9.17, 15) is 4.79 Å². The maximum atomic E-state index is 11.2. The quantitative estimate of drug-likeness (QED) is 0.741. The molecule has 2 nitrogen and oxygen atoms in total. The van der Waals surface area contributed by atoms with Gasteiger partial charge in [0, 0.05) is 0 Å². The Balaban J connectivity index is 2.36. The van der Waals surface area contributed by atoms with Gasteiger partial charge < -0.3 is 4.74 Å². The number of allylic oxidation sites excluding steroid dienone is 1. The van der Waals surface area contributed by atoms with Crippen molar-refractivity contribution < 1.29 is 9.53 Å². The van der Waals surface area contributed by atoms with Crippen LogP contribution in [-0.4, -0.2) is 5.97 Å². The number of hydrogen-bond donors (Lipinski definition) is 0. The summed E-state index contributed by atoms with van der Waals surface area (Å²) in [5, 5.41) is 0. The lowest BCUT2D eigenvalue weighted by Gasteiger charge is -2.28. The second-order valence-electron chi connectivity index (χ2n) is 4.95. The van der Waals surface area contributed by atoms with Crippen LogP contribution in [0.15, 0.2) is 36.1 Å². The standard InChI is InChI=1S/C15H18O2/c1-10(2)9-13(12-7-5-4-6-8-12)14-11(3)15(16)17-14/h4-8,10-11H,9H2,1-3H3/b14-13+/t11-/m0/s1. The predicted molar refractivity (Wildman–Crippen MR) is 68.1 cm³/mol. The van der Waals surface area contributed by atoms with Gasteiger partial charge in [-0.15, -0.1) is 0 Å². The number of carbonyl (C=O) groups excluding carboxylic acids is 1. The van der Waals surface area contributed by atoms with Gasteiger partial charge in [-0.1, -0.05) is 44.2 Å². The number of ether oxygens (including phenoxy) is 1. The first-order valence-corrected chi connectivity index (χ1v) is 6.09. The van der Waals surface area contributed by atoms with Gasteiger partial charge in [0.05, 0.1) is 0 Å². The van der Waals surface area contributed by atoms with Gasteiger partial charge in [-0.25, -0.2) is 0 Å². The molecule has 0 unspecified atom stereocenters. The molecule has 0 aliphatic carbocycles. The third kappa shape index (κ3) is 2.41. The van der Waals surface area contributed by atoms with E-state index in [0.717, 1.165) is 17.7 Å². The Morgan fingerprint density at radius 1 is 1.29 bits per heavy atom. The molecule has 0 N–H and O–H groups in total. The van der Waals surface area contributed by atoms with Gasteiger partial charge in [-0.05, 0) is 30.4 Å². The number of benzene rings is 1. The first-order valence-electron chi connectivity index (χ1n) is 6.09. The lowest BCUT2D eigenvalue weighted by molar-refractivity contribution is -0.155. The lowest BCUT2D eigenvalue weighted by atomic mass is 9.89. The van der Waals surface area contributed by atoms with Crippen LogP contribution in [0.1, 0.15) is 32.8 Å². The largest absolute Gasteiger partial charge is 0.429 e. The molecule has 1 fully saturated rings. The zero-order valence-corrected chi connectivity index (χ0v) is 10.6. The molecule has 1 saturated heterocycles. The Bertz CT molecular complexity index is 443. The molecule has 0 amide bonds. The lowest BCUT2D eigenvalue weighted by Crippen LogP contribution is -2.31. The SMILES string of the molecule is CC(C)C/C(=C1\OC(=O)[C@H]1C)c1ccccc1. The van der Waals surface area contributed by atoms with E-state index in [1.165, 1.54) is 5.57 Å². The Hall–Kier alpha value is -1.57. The van der Waals surface area contributed by atoms with Crippen LogP contribution in [-0.2, 0) is 9.53 Å². The van der Waals surface area contributed by atoms with Gasteiger partial charge in [0.15, 0.2) is 0 Å². The summed E-state index contributed by atoms with van der Waals surface area (Å²) in [5.41, 5.74) is 2.34. The van der Waals surface area contributed by atoms with Crippen LogP contribution in [0.3, 0.4) is 0 Å². The molecule has 0 bridgehead atoms. The summed E-state index contributed by atoms with van der Waals surface area (Å²) in [5.74, 6) is 1.21. The summed E-state index contributed by atoms with van der Waals surface area (Å²) in [7, 11) is 0. The zero-order valence-electron chi connectivity index (χ0n) is 10.6. The number of esters is 1. The monoisotopic (exact) mass is 230 g/mol. The maximum Gasteiger partial charge on any atom is 0.321 e. The third-order valence-corrected chi connectivity index (χ3v) is 2.99. The molecule has 1 heterocycles. The van der Waals surface area contributed by atoms with E-state index in [4.69, 9.17) is 4.74 Å². The molecule has 1 aromatic carbocycles. The number of rotatable bonds is 3. The van der Waals surface area contributed by atoms with E-state index in [0.29, 0.717) is 5.92 Å². The predicted octanol–water partition coefficient (Wildman–Crippen LogP) is 3.64. The van der Waals surface area contributed by atoms with Crippen molar-refractivity contribution in [3.05, 3.63) is 41.7 Å². The highest BCUT2D eigenvalue weighted by atomic mass is 16.6. The average molecular weight is 230 g/mol. The normalized spacial score (nSPS) is 22.1. The van der Waals surface area contributed by atoms with Crippen molar-refractivity contribution in [1.82, 2.24) is 0 Å². The van der Waals surface area contributed by atoms with E-state index in [1.807, 2.05) is 25.1 Å². The molecule has 0 aromatic heterocycles. The maximum absolute atomic E-state index is 11.2. The summed E-state index contributed by atoms with van der Waals surface area (Å²) >= 11 is 0. The van der Waals surface area contributed by atoms with Crippen LogP contribution in [0.5, 0.6) is 0 Å². The van der Waals surface area contributed by atoms with Gasteiger partial charge in [0.2, 0.25) is 0 Å². The molecule has 1 aliphatic heterocycles. The molecule has 2 heteroatoms. The Kier molecular flexibility index (Phi) is 3.32. The minimum Gasteiger partial charge on any atom is -0.429 e. The van der Waals surface area contributed by atoms with Crippen molar-refractivity contribution in [2.45, 2.75) is 27.2 Å². The van der Waals surface area contributed by atoms with Crippen molar-refractivity contribution in [2.75, 3.05) is 0 Å². The summed E-state index contributed by atoms with van der Waals surface area (Å²) in [6.07, 6.45) is 0.941. The van der Waals surface area contributed by atoms with E-state index in [2.05, 4.69) is 26.0 Å². The number of hydrogen-bond acceptors (Lipinski definition) is 2. The Labute approximate surface area is 102 Å². The van der Waals surface area contributed by atoms with E-state index < -0.39 is 0 Å². The van der Waals surface area contributed by atoms with Crippen molar-refractivity contribution in [2.24, 2.45) is 11.8 Å². The molecular formula is C15H18O2. The molecule has 2 rings (SSSR count). The zero-order chi connectivity index (χ0) is 12.4. The molecule has 0 radical (unpaired) electrons. The molecular weight excluding hydrogens is 212 g/mol. The van der Waals surface area contributed by atoms with Crippen LogP contribution in [0.25, 0.3) is 5.57 Å². The van der Waals surface area contributed by atoms with Crippen LogP contribution in [0.4, 0.5) is 0 Å². The highest BCUT2D eigenvalue weighted by Crippen LogP contribution is 2.36. The Morgan fingerprint density at radius 3 is 2.41 bits per heavy atom. The molecule has 90 valence electrons. The highest BCUT2D eigenvalue weighted by Gasteiger charge is 2.36. The number of cyclic esters (lactones) is 1. The van der Waals surface area contributed by atoms with Gasteiger partial charge in [-0.3, -0.25) is 4.79 Å². The molecule has 17 heavy (non-hydrogen) atoms. The second kappa shape index (κ2) is 4.74. The first-order chi connectivity index (χ1) is 8.09. The second-order valence-corrected chi connectivity index (χ2v) is 4.95. The summed E-state index contributed by atoms with van der Waals surface area (Å²) in [4.78, 5) is 11.2. The molecule has 0 saturated carbocycles. The summed E-state index contributed by atoms with van der Waals surface area (Å²) < 4.78 is 5.21. The van der Waals surface area contributed by atoms with Crippen molar-refractivity contribution >= 4 is 11.5 Å². The first kappa shape index (κ1) is 11.9. The van der Waals surface area contributed by atoms with Crippen LogP contribution < -0.4 is 0 Å². The minimum absolute atomic E-state index is 0.0797. The van der Waals surface area contributed by atoms with E-state index in [1.54, 1.807) is 0 Å². The molecule has 1 aromatic rings. The van der Waals surface area contributed by atoms with Crippen LogP contribution in [0.2, 0.25) is 0 Å². The summed E-state index contributed by atoms with van der Waals surface area (Å²) in [6.45, 7) is 6.26. The topological polar surface area (TPSA) is 26.3 Å². The van der Waals surface area contributed by atoms with Gasteiger partial charge in [0.1, 0.15) is 11.7 Å². The molecule has 1 aliphatic rings. The number of carbonyl (C=O) groups is 1. The van der Waals surface area contributed by atoms with E-state index >= 15 is 0 Å². The fraction of sp³-hybridized carbons (Fsp3) is 0.400.